The molecule has 3 heteroatoms. The van der Waals surface area contributed by atoms with Crippen LogP contribution in [0.4, 0.5) is 0 Å². The Bertz CT molecular complexity index is 385. The number of carbonyl (C=O) groups is 1. The highest BCUT2D eigenvalue weighted by Gasteiger charge is 2.60. The van der Waals surface area contributed by atoms with E-state index in [2.05, 4.69) is 28.1 Å². The average Bonchev–Trinajstić information content (AvgIpc) is 2.79. The lowest BCUT2D eigenvalue weighted by Crippen LogP contribution is -2.04. The van der Waals surface area contributed by atoms with E-state index in [-0.39, 0.29) is 11.9 Å². The van der Waals surface area contributed by atoms with Gasteiger partial charge in [-0.1, -0.05) is 28.1 Å². The maximum atomic E-state index is 11.2. The molecule has 0 aromatic heterocycles. The van der Waals surface area contributed by atoms with Crippen LogP contribution in [0, 0.1) is 11.8 Å². The van der Waals surface area contributed by atoms with Gasteiger partial charge in [0.2, 0.25) is 0 Å². The van der Waals surface area contributed by atoms with Crippen LogP contribution in [0.3, 0.4) is 0 Å². The molecule has 0 radical (unpaired) electrons. The van der Waals surface area contributed by atoms with Crippen LogP contribution in [0.1, 0.15) is 11.5 Å². The molecule has 1 heterocycles. The zero-order chi connectivity index (χ0) is 9.71. The largest absolute Gasteiger partial charge is 0.465 e. The number of carbonyl (C=O) groups excluding carboxylic acids is 1. The number of esters is 1. The molecule has 3 rings (SSSR count). The highest BCUT2D eigenvalue weighted by molar-refractivity contribution is 9.10. The van der Waals surface area contributed by atoms with Crippen molar-refractivity contribution in [3.05, 3.63) is 34.3 Å². The van der Waals surface area contributed by atoms with Gasteiger partial charge in [-0.05, 0) is 17.7 Å². The molecule has 0 unspecified atom stereocenters. The van der Waals surface area contributed by atoms with Gasteiger partial charge < -0.3 is 4.74 Å². The van der Waals surface area contributed by atoms with E-state index in [4.69, 9.17) is 4.74 Å². The summed E-state index contributed by atoms with van der Waals surface area (Å²) < 4.78 is 6.02. The fourth-order valence-corrected chi connectivity index (χ4v) is 2.58. The molecule has 2 fully saturated rings. The number of fused-ring (bicyclic) bond motifs is 1. The third kappa shape index (κ3) is 1.12. The summed E-state index contributed by atoms with van der Waals surface area (Å²) in [5.74, 6) is 1.01. The van der Waals surface area contributed by atoms with Gasteiger partial charge in [0.05, 0.1) is 12.5 Å². The van der Waals surface area contributed by atoms with Crippen molar-refractivity contribution in [1.29, 1.82) is 0 Å². The van der Waals surface area contributed by atoms with Gasteiger partial charge in [-0.2, -0.15) is 0 Å². The molecule has 3 atom stereocenters. The van der Waals surface area contributed by atoms with Crippen molar-refractivity contribution >= 4 is 21.9 Å². The normalized spacial score (nSPS) is 33.8. The van der Waals surface area contributed by atoms with Gasteiger partial charge in [-0.25, -0.2) is 0 Å². The Labute approximate surface area is 90.4 Å². The van der Waals surface area contributed by atoms with E-state index in [1.165, 1.54) is 5.56 Å². The number of ether oxygens (including phenoxy) is 1. The summed E-state index contributed by atoms with van der Waals surface area (Å²) >= 11 is 3.40. The molecule has 0 N–H and O–H groups in total. The first kappa shape index (κ1) is 8.48. The predicted octanol–water partition coefficient (Wildman–Crippen LogP) is 2.34. The molecule has 1 saturated carbocycles. The lowest BCUT2D eigenvalue weighted by atomic mass is 10.1. The molecular formula is C11H9BrO2. The number of halogens is 1. The monoisotopic (exact) mass is 252 g/mol. The van der Waals surface area contributed by atoms with Crippen LogP contribution in [0.25, 0.3) is 0 Å². The topological polar surface area (TPSA) is 26.3 Å². The Morgan fingerprint density at radius 1 is 1.21 bits per heavy atom. The summed E-state index contributed by atoms with van der Waals surface area (Å²) in [5, 5.41) is 0. The maximum absolute atomic E-state index is 11.2. The van der Waals surface area contributed by atoms with Crippen LogP contribution in [0.2, 0.25) is 0 Å². The van der Waals surface area contributed by atoms with Crippen LogP contribution in [-0.4, -0.2) is 12.6 Å². The number of cyclic esters (lactones) is 1. The Hall–Kier alpha value is -0.830. The van der Waals surface area contributed by atoms with E-state index in [1.807, 2.05) is 12.1 Å². The van der Waals surface area contributed by atoms with Gasteiger partial charge in [0.25, 0.3) is 0 Å². The van der Waals surface area contributed by atoms with Crippen molar-refractivity contribution in [2.45, 2.75) is 5.92 Å². The Morgan fingerprint density at radius 2 is 1.93 bits per heavy atom. The summed E-state index contributed by atoms with van der Waals surface area (Å²) in [5.41, 5.74) is 1.26. The second kappa shape index (κ2) is 2.83. The Morgan fingerprint density at radius 3 is 2.50 bits per heavy atom. The van der Waals surface area contributed by atoms with Crippen molar-refractivity contribution in [3.63, 3.8) is 0 Å². The van der Waals surface area contributed by atoms with Crippen LogP contribution >= 0.6 is 15.9 Å². The highest BCUT2D eigenvalue weighted by atomic mass is 79.9. The quantitative estimate of drug-likeness (QED) is 0.718. The lowest BCUT2D eigenvalue weighted by Gasteiger charge is -2.03. The Balaban J connectivity index is 1.86. The third-order valence-corrected chi connectivity index (χ3v) is 3.64. The molecule has 1 saturated heterocycles. The van der Waals surface area contributed by atoms with Gasteiger partial charge >= 0.3 is 5.97 Å². The maximum Gasteiger partial charge on any atom is 0.310 e. The zero-order valence-corrected chi connectivity index (χ0v) is 9.03. The molecule has 1 aromatic rings. The van der Waals surface area contributed by atoms with E-state index in [1.54, 1.807) is 0 Å². The smallest absolute Gasteiger partial charge is 0.310 e. The van der Waals surface area contributed by atoms with Crippen LogP contribution < -0.4 is 0 Å². The van der Waals surface area contributed by atoms with Crippen LogP contribution in [0.5, 0.6) is 0 Å². The SMILES string of the molecule is O=C1OC[C@@H]2[C@H]1[C@@H]2c1ccc(Br)cc1. The summed E-state index contributed by atoms with van der Waals surface area (Å²) in [4.78, 5) is 11.2. The molecule has 0 spiro atoms. The van der Waals surface area contributed by atoms with Crippen LogP contribution in [0.15, 0.2) is 28.7 Å². The van der Waals surface area contributed by atoms with E-state index in [9.17, 15) is 4.79 Å². The first-order valence-electron chi connectivity index (χ1n) is 4.69. The first-order valence-corrected chi connectivity index (χ1v) is 5.49. The van der Waals surface area contributed by atoms with E-state index < -0.39 is 0 Å². The van der Waals surface area contributed by atoms with Crippen molar-refractivity contribution in [2.75, 3.05) is 6.61 Å². The van der Waals surface area contributed by atoms with E-state index >= 15 is 0 Å². The van der Waals surface area contributed by atoms with E-state index in [0.717, 1.165) is 4.47 Å². The molecule has 72 valence electrons. The van der Waals surface area contributed by atoms with Gasteiger partial charge in [0, 0.05) is 16.3 Å². The zero-order valence-electron chi connectivity index (χ0n) is 7.44. The number of hydrogen-bond acceptors (Lipinski definition) is 2. The highest BCUT2D eigenvalue weighted by Crippen LogP contribution is 2.58. The summed E-state index contributed by atoms with van der Waals surface area (Å²) in [7, 11) is 0. The summed E-state index contributed by atoms with van der Waals surface area (Å²) in [6, 6.07) is 8.21. The van der Waals surface area contributed by atoms with Crippen molar-refractivity contribution in [1.82, 2.24) is 0 Å². The molecule has 0 amide bonds. The lowest BCUT2D eigenvalue weighted by molar-refractivity contribution is -0.141. The fourth-order valence-electron chi connectivity index (χ4n) is 2.32. The third-order valence-electron chi connectivity index (χ3n) is 3.11. The molecule has 1 aromatic carbocycles. The van der Waals surface area contributed by atoms with Crippen LogP contribution in [-0.2, 0) is 9.53 Å². The standard InChI is InChI=1S/C11H9BrO2/c12-7-3-1-6(2-4-7)9-8-5-14-11(13)10(8)9/h1-4,8-10H,5H2/t8-,9+,10-/m0/s1. The molecule has 2 nitrogen and oxygen atoms in total. The minimum absolute atomic E-state index is 0.0112. The number of hydrogen-bond donors (Lipinski definition) is 0. The molecule has 1 aliphatic carbocycles. The second-order valence-corrected chi connectivity index (χ2v) is 4.81. The summed E-state index contributed by atoms with van der Waals surface area (Å²) in [6.07, 6.45) is 0. The molecular weight excluding hydrogens is 244 g/mol. The number of rotatable bonds is 1. The van der Waals surface area contributed by atoms with Crippen molar-refractivity contribution < 1.29 is 9.53 Å². The minimum Gasteiger partial charge on any atom is -0.465 e. The average molecular weight is 253 g/mol. The molecule has 14 heavy (non-hydrogen) atoms. The van der Waals surface area contributed by atoms with Crippen molar-refractivity contribution in [2.24, 2.45) is 11.8 Å². The first-order chi connectivity index (χ1) is 6.77. The molecule has 0 bridgehead atoms. The number of benzene rings is 1. The van der Waals surface area contributed by atoms with Gasteiger partial charge in [0.15, 0.2) is 0 Å². The minimum atomic E-state index is -0.0112. The predicted molar refractivity (Wildman–Crippen MR) is 54.8 cm³/mol. The fraction of sp³-hybridized carbons (Fsp3) is 0.364. The summed E-state index contributed by atoms with van der Waals surface area (Å²) in [6.45, 7) is 0.615. The van der Waals surface area contributed by atoms with E-state index in [0.29, 0.717) is 18.4 Å². The second-order valence-electron chi connectivity index (χ2n) is 3.90. The van der Waals surface area contributed by atoms with Gasteiger partial charge in [-0.15, -0.1) is 0 Å². The van der Waals surface area contributed by atoms with Gasteiger partial charge in [-0.3, -0.25) is 4.79 Å². The Kier molecular flexibility index (Phi) is 1.71. The van der Waals surface area contributed by atoms with Gasteiger partial charge in [0.1, 0.15) is 0 Å². The van der Waals surface area contributed by atoms with Crippen molar-refractivity contribution in [3.8, 4) is 0 Å². The molecule has 2 aliphatic rings. The molecule has 1 aliphatic heterocycles.